The van der Waals surface area contributed by atoms with Gasteiger partial charge in [0.2, 0.25) is 0 Å². The third-order valence-electron chi connectivity index (χ3n) is 3.74. The van der Waals surface area contributed by atoms with Gasteiger partial charge in [0.05, 0.1) is 0 Å². The molecule has 1 unspecified atom stereocenters. The van der Waals surface area contributed by atoms with Crippen LogP contribution in [0.1, 0.15) is 69.4 Å². The molecule has 0 bridgehead atoms. The van der Waals surface area contributed by atoms with E-state index in [1.165, 1.54) is 56.1 Å². The van der Waals surface area contributed by atoms with Crippen molar-refractivity contribution < 1.29 is 0 Å². The Morgan fingerprint density at radius 1 is 1.00 bits per heavy atom. The summed E-state index contributed by atoms with van der Waals surface area (Å²) in [6.45, 7) is 5.37. The van der Waals surface area contributed by atoms with Crippen LogP contribution >= 0.6 is 0 Å². The summed E-state index contributed by atoms with van der Waals surface area (Å²) in [5.74, 6) is 0.735. The predicted molar refractivity (Wildman–Crippen MR) is 81.0 cm³/mol. The van der Waals surface area contributed by atoms with Crippen LogP contribution in [0.15, 0.2) is 24.3 Å². The Morgan fingerprint density at radius 3 is 2.28 bits per heavy atom. The van der Waals surface area contributed by atoms with Crippen molar-refractivity contribution in [3.8, 4) is 0 Å². The average Bonchev–Trinajstić information content (AvgIpc) is 2.41. The smallest absolute Gasteiger partial charge is 0.00773 e. The van der Waals surface area contributed by atoms with E-state index in [0.29, 0.717) is 0 Å². The Bertz CT molecular complexity index is 302. The van der Waals surface area contributed by atoms with E-state index in [2.05, 4.69) is 38.1 Å². The van der Waals surface area contributed by atoms with Crippen molar-refractivity contribution in [2.24, 2.45) is 5.73 Å². The summed E-state index contributed by atoms with van der Waals surface area (Å²) in [6, 6.07) is 9.28. The van der Waals surface area contributed by atoms with Gasteiger partial charge in [0, 0.05) is 0 Å². The van der Waals surface area contributed by atoms with Crippen LogP contribution < -0.4 is 5.73 Å². The molecular weight excluding hydrogens is 218 g/mol. The highest BCUT2D eigenvalue weighted by Crippen LogP contribution is 2.26. The fourth-order valence-corrected chi connectivity index (χ4v) is 2.56. The molecule has 0 aliphatic rings. The number of hydrogen-bond acceptors (Lipinski definition) is 1. The zero-order valence-electron chi connectivity index (χ0n) is 12.1. The van der Waals surface area contributed by atoms with Gasteiger partial charge >= 0.3 is 0 Å². The van der Waals surface area contributed by atoms with E-state index in [4.69, 9.17) is 5.73 Å². The number of nitrogens with two attached hydrogens (primary N) is 1. The topological polar surface area (TPSA) is 26.0 Å². The van der Waals surface area contributed by atoms with Crippen molar-refractivity contribution in [3.63, 3.8) is 0 Å². The van der Waals surface area contributed by atoms with E-state index in [1.54, 1.807) is 0 Å². The largest absolute Gasteiger partial charge is 0.330 e. The average molecular weight is 247 g/mol. The van der Waals surface area contributed by atoms with Gasteiger partial charge in [-0.3, -0.25) is 0 Å². The molecule has 1 atom stereocenters. The fraction of sp³-hybridized carbons (Fsp3) is 0.647. The molecule has 0 aliphatic carbocycles. The van der Waals surface area contributed by atoms with Gasteiger partial charge in [-0.05, 0) is 49.3 Å². The molecule has 1 rings (SSSR count). The van der Waals surface area contributed by atoms with Crippen LogP contribution in [0.5, 0.6) is 0 Å². The van der Waals surface area contributed by atoms with E-state index in [-0.39, 0.29) is 0 Å². The maximum atomic E-state index is 5.53. The number of unbranched alkanes of at least 4 members (excludes halogenated alkanes) is 2. The van der Waals surface area contributed by atoms with Gasteiger partial charge in [-0.1, -0.05) is 57.4 Å². The SMILES string of the molecule is CCCc1ccc(C(CC)CCCCCN)cc1. The molecule has 0 saturated carbocycles. The second-order valence-electron chi connectivity index (χ2n) is 5.23. The lowest BCUT2D eigenvalue weighted by Crippen LogP contribution is -2.01. The zero-order valence-corrected chi connectivity index (χ0v) is 12.1. The molecule has 1 nitrogen and oxygen atoms in total. The summed E-state index contributed by atoms with van der Waals surface area (Å²) >= 11 is 0. The molecule has 0 heterocycles. The van der Waals surface area contributed by atoms with E-state index in [0.717, 1.165) is 12.5 Å². The lowest BCUT2D eigenvalue weighted by atomic mass is 9.90. The summed E-state index contributed by atoms with van der Waals surface area (Å²) in [5.41, 5.74) is 8.52. The first kappa shape index (κ1) is 15.2. The van der Waals surface area contributed by atoms with E-state index >= 15 is 0 Å². The molecule has 1 aromatic carbocycles. The van der Waals surface area contributed by atoms with Crippen molar-refractivity contribution >= 4 is 0 Å². The fourth-order valence-electron chi connectivity index (χ4n) is 2.56. The van der Waals surface area contributed by atoms with Crippen LogP contribution in [0.4, 0.5) is 0 Å². The quantitative estimate of drug-likeness (QED) is 0.631. The Balaban J connectivity index is 2.48. The molecule has 1 heteroatoms. The summed E-state index contributed by atoms with van der Waals surface area (Å²) in [7, 11) is 0. The molecule has 0 fully saturated rings. The normalized spacial score (nSPS) is 12.6. The molecule has 0 spiro atoms. The maximum absolute atomic E-state index is 5.53. The van der Waals surface area contributed by atoms with Crippen LogP contribution in [0.2, 0.25) is 0 Å². The third-order valence-corrected chi connectivity index (χ3v) is 3.74. The highest BCUT2D eigenvalue weighted by Gasteiger charge is 2.08. The molecule has 0 aliphatic heterocycles. The summed E-state index contributed by atoms with van der Waals surface area (Å²) in [4.78, 5) is 0. The van der Waals surface area contributed by atoms with E-state index in [1.807, 2.05) is 0 Å². The molecular formula is C17H29N. The molecule has 0 amide bonds. The lowest BCUT2D eigenvalue weighted by molar-refractivity contribution is 0.547. The molecule has 2 N–H and O–H groups in total. The van der Waals surface area contributed by atoms with Gasteiger partial charge in [-0.15, -0.1) is 0 Å². The Labute approximate surface area is 113 Å². The van der Waals surface area contributed by atoms with E-state index < -0.39 is 0 Å². The number of benzene rings is 1. The van der Waals surface area contributed by atoms with Crippen LogP contribution in [-0.2, 0) is 6.42 Å². The lowest BCUT2D eigenvalue weighted by Gasteiger charge is -2.15. The maximum Gasteiger partial charge on any atom is -0.00773 e. The number of aryl methyl sites for hydroxylation is 1. The first-order valence-corrected chi connectivity index (χ1v) is 7.60. The van der Waals surface area contributed by atoms with Crippen LogP contribution in [0.3, 0.4) is 0 Å². The highest BCUT2D eigenvalue weighted by molar-refractivity contribution is 5.25. The van der Waals surface area contributed by atoms with Gasteiger partial charge in [-0.2, -0.15) is 0 Å². The summed E-state index contributed by atoms with van der Waals surface area (Å²) < 4.78 is 0. The third kappa shape index (κ3) is 5.22. The van der Waals surface area contributed by atoms with Gasteiger partial charge < -0.3 is 5.73 Å². The number of hydrogen-bond donors (Lipinski definition) is 1. The first-order valence-electron chi connectivity index (χ1n) is 7.60. The zero-order chi connectivity index (χ0) is 13.2. The van der Waals surface area contributed by atoms with Crippen LogP contribution in [0.25, 0.3) is 0 Å². The van der Waals surface area contributed by atoms with Gasteiger partial charge in [0.25, 0.3) is 0 Å². The summed E-state index contributed by atoms with van der Waals surface area (Å²) in [5, 5.41) is 0. The minimum atomic E-state index is 0.735. The minimum absolute atomic E-state index is 0.735. The van der Waals surface area contributed by atoms with Crippen molar-refractivity contribution in [3.05, 3.63) is 35.4 Å². The first-order chi connectivity index (χ1) is 8.81. The second kappa shape index (κ2) is 9.16. The molecule has 18 heavy (non-hydrogen) atoms. The van der Waals surface area contributed by atoms with Gasteiger partial charge in [-0.25, -0.2) is 0 Å². The molecule has 0 aromatic heterocycles. The molecule has 0 radical (unpaired) electrons. The van der Waals surface area contributed by atoms with Gasteiger partial charge in [0.15, 0.2) is 0 Å². The second-order valence-corrected chi connectivity index (χ2v) is 5.23. The summed E-state index contributed by atoms with van der Waals surface area (Å²) in [6.07, 6.45) is 8.75. The standard InChI is InChI=1S/C17H29N/c1-3-8-15-10-12-17(13-11-15)16(4-2)9-6-5-7-14-18/h10-13,16H,3-9,14,18H2,1-2H3. The molecule has 0 saturated heterocycles. The Hall–Kier alpha value is -0.820. The van der Waals surface area contributed by atoms with Crippen molar-refractivity contribution in [2.75, 3.05) is 6.54 Å². The Morgan fingerprint density at radius 2 is 1.72 bits per heavy atom. The van der Waals surface area contributed by atoms with E-state index in [9.17, 15) is 0 Å². The van der Waals surface area contributed by atoms with Crippen LogP contribution in [-0.4, -0.2) is 6.54 Å². The van der Waals surface area contributed by atoms with Crippen molar-refractivity contribution in [1.82, 2.24) is 0 Å². The van der Waals surface area contributed by atoms with Gasteiger partial charge in [0.1, 0.15) is 0 Å². The minimum Gasteiger partial charge on any atom is -0.330 e. The highest BCUT2D eigenvalue weighted by atomic mass is 14.5. The monoisotopic (exact) mass is 247 g/mol. The number of rotatable bonds is 9. The van der Waals surface area contributed by atoms with Crippen molar-refractivity contribution in [1.29, 1.82) is 0 Å². The Kier molecular flexibility index (Phi) is 7.75. The predicted octanol–water partition coefficient (Wildman–Crippen LogP) is 4.65. The molecule has 1 aromatic rings. The molecule has 102 valence electrons. The van der Waals surface area contributed by atoms with Crippen LogP contribution in [0, 0.1) is 0 Å². The van der Waals surface area contributed by atoms with Crippen molar-refractivity contribution in [2.45, 2.75) is 64.7 Å².